The Morgan fingerprint density at radius 2 is 2.12 bits per heavy atom. The van der Waals surface area contributed by atoms with E-state index in [1.54, 1.807) is 0 Å². The second-order valence-corrected chi connectivity index (χ2v) is 5.45. The van der Waals surface area contributed by atoms with E-state index in [1.807, 2.05) is 0 Å². The Hall–Kier alpha value is -0.410. The molecule has 3 nitrogen and oxygen atoms in total. The summed E-state index contributed by atoms with van der Waals surface area (Å²) in [5, 5.41) is 0. The molecule has 1 saturated heterocycles. The first-order valence-corrected chi connectivity index (χ1v) is 7.12. The summed E-state index contributed by atoms with van der Waals surface area (Å²) in [5.41, 5.74) is 0. The number of Topliss-reactive ketones (excluding diaryl/α,β-unsaturated/α-hetero) is 1. The molecule has 2 atom stereocenters. The van der Waals surface area contributed by atoms with Gasteiger partial charge in [0.2, 0.25) is 0 Å². The zero-order valence-electron chi connectivity index (χ0n) is 11.0. The number of ketones is 1. The fourth-order valence-corrected chi connectivity index (χ4v) is 3.01. The lowest BCUT2D eigenvalue weighted by Crippen LogP contribution is -2.38. The van der Waals surface area contributed by atoms with Crippen LogP contribution in [0.2, 0.25) is 0 Å². The molecular formula is C14H25NO2. The summed E-state index contributed by atoms with van der Waals surface area (Å²) in [5.74, 6) is 1.65. The van der Waals surface area contributed by atoms with Crippen LogP contribution in [-0.4, -0.2) is 43.5 Å². The number of ether oxygens (including phenoxy) is 1. The van der Waals surface area contributed by atoms with Crippen molar-refractivity contribution in [2.75, 3.05) is 32.8 Å². The number of nitrogens with zero attached hydrogens (tertiary/aromatic N) is 1. The predicted octanol–water partition coefficient (Wildman–Crippen LogP) is 2.10. The third-order valence-electron chi connectivity index (χ3n) is 4.35. The molecule has 0 aromatic rings. The SMILES string of the molecule is CCC1CCC(=O)C(CCN2CCOCC2)C1. The van der Waals surface area contributed by atoms with Gasteiger partial charge in [0.1, 0.15) is 5.78 Å². The zero-order chi connectivity index (χ0) is 12.1. The van der Waals surface area contributed by atoms with Crippen LogP contribution in [0.4, 0.5) is 0 Å². The number of rotatable bonds is 4. The summed E-state index contributed by atoms with van der Waals surface area (Å²) in [7, 11) is 0. The van der Waals surface area contributed by atoms with E-state index in [0.29, 0.717) is 11.7 Å². The zero-order valence-corrected chi connectivity index (χ0v) is 11.0. The van der Waals surface area contributed by atoms with Crippen molar-refractivity contribution in [1.82, 2.24) is 4.90 Å². The lowest BCUT2D eigenvalue weighted by molar-refractivity contribution is -0.126. The van der Waals surface area contributed by atoms with Crippen LogP contribution in [0.25, 0.3) is 0 Å². The number of hydrogen-bond acceptors (Lipinski definition) is 3. The molecule has 2 aliphatic rings. The molecule has 0 N–H and O–H groups in total. The normalized spacial score (nSPS) is 31.7. The number of carbonyl (C=O) groups excluding carboxylic acids is 1. The Labute approximate surface area is 105 Å². The van der Waals surface area contributed by atoms with Gasteiger partial charge >= 0.3 is 0 Å². The van der Waals surface area contributed by atoms with Crippen molar-refractivity contribution in [2.24, 2.45) is 11.8 Å². The number of hydrogen-bond donors (Lipinski definition) is 0. The van der Waals surface area contributed by atoms with Crippen LogP contribution in [0.15, 0.2) is 0 Å². The van der Waals surface area contributed by atoms with Crippen LogP contribution >= 0.6 is 0 Å². The third kappa shape index (κ3) is 3.78. The van der Waals surface area contributed by atoms with Crippen molar-refractivity contribution in [3.05, 3.63) is 0 Å². The molecule has 2 rings (SSSR count). The molecule has 0 bridgehead atoms. The molecule has 1 aliphatic heterocycles. The maximum absolute atomic E-state index is 11.9. The largest absolute Gasteiger partial charge is 0.379 e. The summed E-state index contributed by atoms with van der Waals surface area (Å²) in [6, 6.07) is 0. The van der Waals surface area contributed by atoms with Crippen LogP contribution in [0.5, 0.6) is 0 Å². The second-order valence-electron chi connectivity index (χ2n) is 5.45. The predicted molar refractivity (Wildman–Crippen MR) is 68.0 cm³/mol. The molecular weight excluding hydrogens is 214 g/mol. The summed E-state index contributed by atoms with van der Waals surface area (Å²) in [4.78, 5) is 14.3. The molecule has 98 valence electrons. The standard InChI is InChI=1S/C14H25NO2/c1-2-12-3-4-14(16)13(11-12)5-6-15-7-9-17-10-8-15/h12-13H,2-11H2,1H3. The molecule has 17 heavy (non-hydrogen) atoms. The highest BCUT2D eigenvalue weighted by molar-refractivity contribution is 5.81. The molecule has 1 saturated carbocycles. The van der Waals surface area contributed by atoms with Gasteiger partial charge in [-0.25, -0.2) is 0 Å². The van der Waals surface area contributed by atoms with Gasteiger partial charge in [-0.3, -0.25) is 9.69 Å². The van der Waals surface area contributed by atoms with Crippen LogP contribution < -0.4 is 0 Å². The monoisotopic (exact) mass is 239 g/mol. The molecule has 1 heterocycles. The van der Waals surface area contributed by atoms with Gasteiger partial charge in [-0.1, -0.05) is 13.3 Å². The van der Waals surface area contributed by atoms with Gasteiger partial charge < -0.3 is 4.74 Å². The van der Waals surface area contributed by atoms with E-state index in [9.17, 15) is 4.79 Å². The van der Waals surface area contributed by atoms with E-state index in [4.69, 9.17) is 4.74 Å². The molecule has 2 unspecified atom stereocenters. The molecule has 0 radical (unpaired) electrons. The van der Waals surface area contributed by atoms with E-state index in [1.165, 1.54) is 6.42 Å². The summed E-state index contributed by atoms with van der Waals surface area (Å²) < 4.78 is 5.34. The summed E-state index contributed by atoms with van der Waals surface area (Å²) in [6.07, 6.45) is 5.39. The van der Waals surface area contributed by atoms with Gasteiger partial charge in [0.25, 0.3) is 0 Å². The Morgan fingerprint density at radius 1 is 1.35 bits per heavy atom. The Bertz CT molecular complexity index is 249. The van der Waals surface area contributed by atoms with Crippen LogP contribution in [0.1, 0.15) is 39.0 Å². The van der Waals surface area contributed by atoms with E-state index in [0.717, 1.165) is 64.4 Å². The van der Waals surface area contributed by atoms with E-state index < -0.39 is 0 Å². The molecule has 2 fully saturated rings. The van der Waals surface area contributed by atoms with Gasteiger partial charge in [0.15, 0.2) is 0 Å². The van der Waals surface area contributed by atoms with E-state index in [-0.39, 0.29) is 0 Å². The lowest BCUT2D eigenvalue weighted by atomic mass is 9.78. The fourth-order valence-electron chi connectivity index (χ4n) is 3.01. The third-order valence-corrected chi connectivity index (χ3v) is 4.35. The maximum Gasteiger partial charge on any atom is 0.136 e. The van der Waals surface area contributed by atoms with Gasteiger partial charge in [-0.2, -0.15) is 0 Å². The molecule has 1 aliphatic carbocycles. The Kier molecular flexibility index (Phi) is 4.99. The highest BCUT2D eigenvalue weighted by Crippen LogP contribution is 2.30. The van der Waals surface area contributed by atoms with Crippen molar-refractivity contribution < 1.29 is 9.53 Å². The lowest BCUT2D eigenvalue weighted by Gasteiger charge is -2.31. The maximum atomic E-state index is 11.9. The van der Waals surface area contributed by atoms with Crippen molar-refractivity contribution in [3.8, 4) is 0 Å². The summed E-state index contributed by atoms with van der Waals surface area (Å²) >= 11 is 0. The average Bonchev–Trinajstić information content (AvgIpc) is 2.39. The first-order valence-electron chi connectivity index (χ1n) is 7.12. The summed E-state index contributed by atoms with van der Waals surface area (Å²) in [6.45, 7) is 7.12. The molecule has 0 aromatic carbocycles. The van der Waals surface area contributed by atoms with Gasteiger partial charge in [0, 0.05) is 25.4 Å². The first-order chi connectivity index (χ1) is 8.29. The highest BCUT2D eigenvalue weighted by atomic mass is 16.5. The number of morpholine rings is 1. The smallest absolute Gasteiger partial charge is 0.136 e. The van der Waals surface area contributed by atoms with Crippen molar-refractivity contribution in [2.45, 2.75) is 39.0 Å². The van der Waals surface area contributed by atoms with Crippen LogP contribution in [-0.2, 0) is 9.53 Å². The van der Waals surface area contributed by atoms with Crippen molar-refractivity contribution >= 4 is 5.78 Å². The fraction of sp³-hybridized carbons (Fsp3) is 0.929. The molecule has 0 aromatic heterocycles. The highest BCUT2D eigenvalue weighted by Gasteiger charge is 2.27. The number of carbonyl (C=O) groups is 1. The van der Waals surface area contributed by atoms with Gasteiger partial charge in [-0.15, -0.1) is 0 Å². The quantitative estimate of drug-likeness (QED) is 0.752. The molecule has 3 heteroatoms. The van der Waals surface area contributed by atoms with Crippen LogP contribution in [0, 0.1) is 11.8 Å². The Morgan fingerprint density at radius 3 is 2.82 bits per heavy atom. The van der Waals surface area contributed by atoms with E-state index >= 15 is 0 Å². The average molecular weight is 239 g/mol. The minimum absolute atomic E-state index is 0.344. The van der Waals surface area contributed by atoms with Gasteiger partial charge in [0.05, 0.1) is 13.2 Å². The van der Waals surface area contributed by atoms with Crippen LogP contribution in [0.3, 0.4) is 0 Å². The Balaban J connectivity index is 1.74. The van der Waals surface area contributed by atoms with Gasteiger partial charge in [-0.05, 0) is 31.7 Å². The topological polar surface area (TPSA) is 29.5 Å². The minimum atomic E-state index is 0.344. The first kappa shape index (κ1) is 13.0. The van der Waals surface area contributed by atoms with Crippen molar-refractivity contribution in [3.63, 3.8) is 0 Å². The molecule has 0 amide bonds. The second kappa shape index (κ2) is 6.50. The van der Waals surface area contributed by atoms with Crippen molar-refractivity contribution in [1.29, 1.82) is 0 Å². The minimum Gasteiger partial charge on any atom is -0.379 e. The molecule has 0 spiro atoms. The van der Waals surface area contributed by atoms with E-state index in [2.05, 4.69) is 11.8 Å².